The van der Waals surface area contributed by atoms with E-state index in [-0.39, 0.29) is 0 Å². The molecule has 0 spiro atoms. The Morgan fingerprint density at radius 3 is 2.71 bits per heavy atom. The van der Waals surface area contributed by atoms with Gasteiger partial charge in [-0.25, -0.2) is 0 Å². The number of morpholine rings is 1. The zero-order chi connectivity index (χ0) is 10.6. The number of nitrogens with zero attached hydrogens (tertiary/aromatic N) is 1. The molecule has 2 unspecified atom stereocenters. The van der Waals surface area contributed by atoms with Crippen molar-refractivity contribution in [2.75, 3.05) is 33.3 Å². The van der Waals surface area contributed by atoms with Crippen molar-refractivity contribution in [1.29, 1.82) is 0 Å². The van der Waals surface area contributed by atoms with Gasteiger partial charge in [0.25, 0.3) is 0 Å². The van der Waals surface area contributed by atoms with E-state index < -0.39 is 0 Å². The lowest BCUT2D eigenvalue weighted by molar-refractivity contribution is -0.0195. The van der Waals surface area contributed by atoms with Crippen molar-refractivity contribution in [1.82, 2.24) is 10.2 Å². The maximum Gasteiger partial charge on any atom is 0.0826 e. The first kappa shape index (κ1) is 12.0. The highest BCUT2D eigenvalue weighted by atomic mass is 16.5. The fourth-order valence-electron chi connectivity index (χ4n) is 1.54. The summed E-state index contributed by atoms with van der Waals surface area (Å²) in [5.74, 6) is 0.691. The van der Waals surface area contributed by atoms with E-state index in [1.807, 2.05) is 0 Å². The van der Waals surface area contributed by atoms with Gasteiger partial charge in [-0.2, -0.15) is 0 Å². The van der Waals surface area contributed by atoms with Gasteiger partial charge in [0.05, 0.1) is 12.7 Å². The molecule has 1 N–H and O–H groups in total. The first-order valence-corrected chi connectivity index (χ1v) is 5.63. The molecule has 0 radical (unpaired) electrons. The molecule has 0 aromatic heterocycles. The van der Waals surface area contributed by atoms with E-state index in [0.717, 1.165) is 26.2 Å². The van der Waals surface area contributed by atoms with Crippen molar-refractivity contribution in [3.8, 4) is 0 Å². The predicted octanol–water partition coefficient (Wildman–Crippen LogP) is 0.951. The van der Waals surface area contributed by atoms with Crippen molar-refractivity contribution in [2.45, 2.75) is 32.9 Å². The molecule has 0 bridgehead atoms. The summed E-state index contributed by atoms with van der Waals surface area (Å²) in [6.45, 7) is 10.7. The number of nitrogens with one attached hydrogen (secondary N) is 1. The van der Waals surface area contributed by atoms with Crippen LogP contribution < -0.4 is 5.32 Å². The molecule has 0 aromatic carbocycles. The Balaban J connectivity index is 2.17. The smallest absolute Gasteiger partial charge is 0.0826 e. The van der Waals surface area contributed by atoms with Gasteiger partial charge < -0.3 is 15.0 Å². The summed E-state index contributed by atoms with van der Waals surface area (Å²) in [7, 11) is 2.15. The Labute approximate surface area is 87.8 Å². The van der Waals surface area contributed by atoms with Crippen molar-refractivity contribution in [3.05, 3.63) is 0 Å². The van der Waals surface area contributed by atoms with Crippen LogP contribution in [0.15, 0.2) is 0 Å². The fraction of sp³-hybridized carbons (Fsp3) is 1.00. The van der Waals surface area contributed by atoms with Crippen LogP contribution in [0.1, 0.15) is 20.8 Å². The SMILES string of the molecule is CC(C)C(C)NCC1CN(C)CCO1. The minimum atomic E-state index is 0.370. The molecule has 0 aromatic rings. The highest BCUT2D eigenvalue weighted by molar-refractivity contribution is 4.74. The summed E-state index contributed by atoms with van der Waals surface area (Å²) in [6.07, 6.45) is 0.370. The number of hydrogen-bond donors (Lipinski definition) is 1. The van der Waals surface area contributed by atoms with Gasteiger partial charge in [-0.3, -0.25) is 0 Å². The Kier molecular flexibility index (Phi) is 4.85. The predicted molar refractivity (Wildman–Crippen MR) is 59.5 cm³/mol. The quantitative estimate of drug-likeness (QED) is 0.731. The maximum absolute atomic E-state index is 5.67. The van der Waals surface area contributed by atoms with Crippen LogP contribution in [0.3, 0.4) is 0 Å². The summed E-state index contributed by atoms with van der Waals surface area (Å²) in [6, 6.07) is 0.575. The van der Waals surface area contributed by atoms with Crippen LogP contribution in [0, 0.1) is 5.92 Å². The summed E-state index contributed by atoms with van der Waals surface area (Å²) < 4.78 is 5.67. The number of hydrogen-bond acceptors (Lipinski definition) is 3. The second-order valence-electron chi connectivity index (χ2n) is 4.70. The van der Waals surface area contributed by atoms with Crippen molar-refractivity contribution in [2.24, 2.45) is 5.92 Å². The summed E-state index contributed by atoms with van der Waals surface area (Å²) in [5, 5.41) is 3.52. The second kappa shape index (κ2) is 5.69. The van der Waals surface area contributed by atoms with E-state index >= 15 is 0 Å². The molecule has 1 aliphatic rings. The van der Waals surface area contributed by atoms with Gasteiger partial charge in [-0.05, 0) is 19.9 Å². The maximum atomic E-state index is 5.67. The van der Waals surface area contributed by atoms with Crippen molar-refractivity contribution >= 4 is 0 Å². The highest BCUT2D eigenvalue weighted by Crippen LogP contribution is 2.04. The van der Waals surface area contributed by atoms with Crippen LogP contribution in [0.2, 0.25) is 0 Å². The molecule has 2 atom stereocenters. The minimum Gasteiger partial charge on any atom is -0.374 e. The minimum absolute atomic E-state index is 0.370. The van der Waals surface area contributed by atoms with Crippen molar-refractivity contribution < 1.29 is 4.74 Å². The summed E-state index contributed by atoms with van der Waals surface area (Å²) in [5.41, 5.74) is 0. The molecule has 1 aliphatic heterocycles. The Morgan fingerprint density at radius 1 is 1.43 bits per heavy atom. The van der Waals surface area contributed by atoms with Crippen LogP contribution in [-0.2, 0) is 4.74 Å². The van der Waals surface area contributed by atoms with Gasteiger partial charge in [0.1, 0.15) is 0 Å². The number of ether oxygens (including phenoxy) is 1. The zero-order valence-corrected chi connectivity index (χ0v) is 9.92. The zero-order valence-electron chi connectivity index (χ0n) is 9.92. The molecule has 3 nitrogen and oxygen atoms in total. The van der Waals surface area contributed by atoms with E-state index in [1.165, 1.54) is 0 Å². The van der Waals surface area contributed by atoms with Crippen LogP contribution in [0.25, 0.3) is 0 Å². The fourth-order valence-corrected chi connectivity index (χ4v) is 1.54. The molecule has 0 amide bonds. The largest absolute Gasteiger partial charge is 0.374 e. The molecule has 84 valence electrons. The molecular weight excluding hydrogens is 176 g/mol. The summed E-state index contributed by atoms with van der Waals surface area (Å²) >= 11 is 0. The highest BCUT2D eigenvalue weighted by Gasteiger charge is 2.18. The molecule has 14 heavy (non-hydrogen) atoms. The van der Waals surface area contributed by atoms with Crippen LogP contribution in [0.5, 0.6) is 0 Å². The Bertz CT molecular complexity index is 161. The molecule has 0 saturated carbocycles. The third-order valence-corrected chi connectivity index (χ3v) is 3.01. The third kappa shape index (κ3) is 3.95. The van der Waals surface area contributed by atoms with Gasteiger partial charge in [0, 0.05) is 25.7 Å². The average Bonchev–Trinajstić information content (AvgIpc) is 2.14. The monoisotopic (exact) mass is 200 g/mol. The first-order valence-electron chi connectivity index (χ1n) is 5.63. The molecule has 1 rings (SSSR count). The Hall–Kier alpha value is -0.120. The number of rotatable bonds is 4. The van der Waals surface area contributed by atoms with Crippen LogP contribution >= 0.6 is 0 Å². The van der Waals surface area contributed by atoms with E-state index in [9.17, 15) is 0 Å². The average molecular weight is 200 g/mol. The molecule has 1 fully saturated rings. The molecular formula is C11H24N2O. The van der Waals surface area contributed by atoms with Crippen LogP contribution in [-0.4, -0.2) is 50.3 Å². The van der Waals surface area contributed by atoms with E-state index in [0.29, 0.717) is 18.1 Å². The van der Waals surface area contributed by atoms with Gasteiger partial charge >= 0.3 is 0 Å². The molecule has 1 saturated heterocycles. The molecule has 0 aliphatic carbocycles. The van der Waals surface area contributed by atoms with E-state index in [2.05, 4.69) is 38.0 Å². The third-order valence-electron chi connectivity index (χ3n) is 3.01. The topological polar surface area (TPSA) is 24.5 Å². The van der Waals surface area contributed by atoms with Gasteiger partial charge in [-0.1, -0.05) is 13.8 Å². The van der Waals surface area contributed by atoms with E-state index in [1.54, 1.807) is 0 Å². The Morgan fingerprint density at radius 2 is 2.14 bits per heavy atom. The second-order valence-corrected chi connectivity index (χ2v) is 4.70. The first-order chi connectivity index (χ1) is 6.59. The van der Waals surface area contributed by atoms with Gasteiger partial charge in [-0.15, -0.1) is 0 Å². The van der Waals surface area contributed by atoms with Gasteiger partial charge in [0.2, 0.25) is 0 Å². The van der Waals surface area contributed by atoms with Crippen molar-refractivity contribution in [3.63, 3.8) is 0 Å². The number of likely N-dealkylation sites (N-methyl/N-ethyl adjacent to an activating group) is 1. The lowest BCUT2D eigenvalue weighted by Crippen LogP contribution is -2.47. The molecule has 1 heterocycles. The summed E-state index contributed by atoms with van der Waals surface area (Å²) in [4.78, 5) is 2.33. The van der Waals surface area contributed by atoms with Gasteiger partial charge in [0.15, 0.2) is 0 Å². The normalized spacial score (nSPS) is 26.8. The van der Waals surface area contributed by atoms with Crippen LogP contribution in [0.4, 0.5) is 0 Å². The molecule has 3 heteroatoms. The lowest BCUT2D eigenvalue weighted by atomic mass is 10.1. The van der Waals surface area contributed by atoms with E-state index in [4.69, 9.17) is 4.74 Å². The standard InChI is InChI=1S/C11H24N2O/c1-9(2)10(3)12-7-11-8-13(4)5-6-14-11/h9-12H,5-8H2,1-4H3. The lowest BCUT2D eigenvalue weighted by Gasteiger charge is -2.31.